The monoisotopic (exact) mass is 261 g/mol. The van der Waals surface area contributed by atoms with Crippen LogP contribution in [0.2, 0.25) is 0 Å². The standard InChI is InChI=1S/C16H20FNO/c17-14-6-2-11(3-7-14)4-8-16(19)18-15-10-12-1-5-13(15)9-12/h2-3,6-7,12-13,15H,1,4-5,8-10H2,(H,18,19)/t12-,13-,15-/m0/s1. The largest absolute Gasteiger partial charge is 0.353 e. The van der Waals surface area contributed by atoms with E-state index in [1.54, 1.807) is 12.1 Å². The van der Waals surface area contributed by atoms with Gasteiger partial charge in [0, 0.05) is 12.5 Å². The molecule has 0 heterocycles. The number of rotatable bonds is 4. The van der Waals surface area contributed by atoms with Crippen LogP contribution in [0.5, 0.6) is 0 Å². The molecule has 1 aromatic carbocycles. The van der Waals surface area contributed by atoms with Crippen molar-refractivity contribution in [2.24, 2.45) is 11.8 Å². The molecule has 2 aliphatic rings. The summed E-state index contributed by atoms with van der Waals surface area (Å²) in [5.74, 6) is 1.49. The molecule has 3 heteroatoms. The first kappa shape index (κ1) is 12.6. The third kappa shape index (κ3) is 2.96. The first-order valence-electron chi connectivity index (χ1n) is 7.24. The molecule has 3 atom stereocenters. The number of amides is 1. The average molecular weight is 261 g/mol. The summed E-state index contributed by atoms with van der Waals surface area (Å²) in [6.45, 7) is 0. The van der Waals surface area contributed by atoms with Crippen LogP contribution in [0.15, 0.2) is 24.3 Å². The van der Waals surface area contributed by atoms with Gasteiger partial charge in [-0.3, -0.25) is 4.79 Å². The Morgan fingerprint density at radius 2 is 2.00 bits per heavy atom. The van der Waals surface area contributed by atoms with Gasteiger partial charge in [0.1, 0.15) is 5.82 Å². The van der Waals surface area contributed by atoms with Crippen LogP contribution in [0.1, 0.15) is 37.7 Å². The lowest BCUT2D eigenvalue weighted by atomic mass is 9.95. The number of benzene rings is 1. The minimum absolute atomic E-state index is 0.141. The maximum atomic E-state index is 12.8. The van der Waals surface area contributed by atoms with E-state index in [2.05, 4.69) is 5.32 Å². The summed E-state index contributed by atoms with van der Waals surface area (Å²) in [5, 5.41) is 3.18. The average Bonchev–Trinajstić information content (AvgIpc) is 3.00. The quantitative estimate of drug-likeness (QED) is 0.886. The molecule has 2 fully saturated rings. The predicted octanol–water partition coefficient (Wildman–Crippen LogP) is 3.06. The van der Waals surface area contributed by atoms with E-state index >= 15 is 0 Å². The van der Waals surface area contributed by atoms with Crippen molar-refractivity contribution in [3.63, 3.8) is 0 Å². The predicted molar refractivity (Wildman–Crippen MR) is 72.1 cm³/mol. The van der Waals surface area contributed by atoms with Crippen molar-refractivity contribution in [1.82, 2.24) is 5.32 Å². The van der Waals surface area contributed by atoms with Gasteiger partial charge in [-0.15, -0.1) is 0 Å². The zero-order valence-electron chi connectivity index (χ0n) is 11.1. The highest BCUT2D eigenvalue weighted by Gasteiger charge is 2.39. The number of fused-ring (bicyclic) bond motifs is 2. The molecule has 2 bridgehead atoms. The highest BCUT2D eigenvalue weighted by Crippen LogP contribution is 2.44. The number of carbonyl (C=O) groups excluding carboxylic acids is 1. The van der Waals surface area contributed by atoms with Crippen LogP contribution >= 0.6 is 0 Å². The summed E-state index contributed by atoms with van der Waals surface area (Å²) >= 11 is 0. The van der Waals surface area contributed by atoms with Gasteiger partial charge in [-0.05, 0) is 55.2 Å². The third-order valence-corrected chi connectivity index (χ3v) is 4.64. The number of hydrogen-bond donors (Lipinski definition) is 1. The van der Waals surface area contributed by atoms with E-state index in [-0.39, 0.29) is 11.7 Å². The van der Waals surface area contributed by atoms with Gasteiger partial charge in [0.25, 0.3) is 0 Å². The maximum Gasteiger partial charge on any atom is 0.220 e. The molecule has 2 nitrogen and oxygen atoms in total. The smallest absolute Gasteiger partial charge is 0.220 e. The molecule has 0 radical (unpaired) electrons. The van der Waals surface area contributed by atoms with E-state index in [0.29, 0.717) is 18.9 Å². The van der Waals surface area contributed by atoms with Crippen LogP contribution in [0.25, 0.3) is 0 Å². The lowest BCUT2D eigenvalue weighted by molar-refractivity contribution is -0.122. The molecule has 1 N–H and O–H groups in total. The summed E-state index contributed by atoms with van der Waals surface area (Å²) in [5.41, 5.74) is 1.02. The number of aryl methyl sites for hydroxylation is 1. The highest BCUT2D eigenvalue weighted by atomic mass is 19.1. The van der Waals surface area contributed by atoms with E-state index in [1.165, 1.54) is 37.8 Å². The van der Waals surface area contributed by atoms with Crippen LogP contribution in [0.4, 0.5) is 4.39 Å². The summed E-state index contributed by atoms with van der Waals surface area (Å²) in [4.78, 5) is 11.9. The van der Waals surface area contributed by atoms with Crippen LogP contribution < -0.4 is 5.32 Å². The summed E-state index contributed by atoms with van der Waals surface area (Å²) in [6.07, 6.45) is 6.31. The van der Waals surface area contributed by atoms with Crippen molar-refractivity contribution in [2.45, 2.75) is 44.6 Å². The van der Waals surface area contributed by atoms with Gasteiger partial charge in [0.05, 0.1) is 0 Å². The molecule has 0 spiro atoms. The van der Waals surface area contributed by atoms with E-state index in [1.807, 2.05) is 0 Å². The maximum absolute atomic E-state index is 12.8. The molecule has 19 heavy (non-hydrogen) atoms. The molecule has 102 valence electrons. The molecule has 2 aliphatic carbocycles. The Bertz CT molecular complexity index is 456. The fourth-order valence-corrected chi connectivity index (χ4v) is 3.61. The zero-order valence-corrected chi connectivity index (χ0v) is 11.1. The third-order valence-electron chi connectivity index (χ3n) is 4.64. The molecule has 0 saturated heterocycles. The van der Waals surface area contributed by atoms with Crippen LogP contribution in [-0.4, -0.2) is 11.9 Å². The highest BCUT2D eigenvalue weighted by molar-refractivity contribution is 5.76. The Labute approximate surface area is 113 Å². The Balaban J connectivity index is 1.45. The number of carbonyl (C=O) groups is 1. The Morgan fingerprint density at radius 3 is 2.63 bits per heavy atom. The molecule has 0 unspecified atom stereocenters. The Kier molecular flexibility index (Phi) is 3.54. The molecular weight excluding hydrogens is 241 g/mol. The number of hydrogen-bond acceptors (Lipinski definition) is 1. The lowest BCUT2D eigenvalue weighted by Crippen LogP contribution is -2.38. The van der Waals surface area contributed by atoms with Gasteiger partial charge in [-0.2, -0.15) is 0 Å². The molecule has 1 aromatic rings. The van der Waals surface area contributed by atoms with Crippen LogP contribution in [-0.2, 0) is 11.2 Å². The fourth-order valence-electron chi connectivity index (χ4n) is 3.61. The van der Waals surface area contributed by atoms with Crippen molar-refractivity contribution in [3.8, 4) is 0 Å². The lowest BCUT2D eigenvalue weighted by Gasteiger charge is -2.22. The first-order chi connectivity index (χ1) is 9.20. The minimum Gasteiger partial charge on any atom is -0.353 e. The summed E-state index contributed by atoms with van der Waals surface area (Å²) < 4.78 is 12.8. The second-order valence-corrected chi connectivity index (χ2v) is 5.98. The van der Waals surface area contributed by atoms with Crippen molar-refractivity contribution >= 4 is 5.91 Å². The zero-order chi connectivity index (χ0) is 13.2. The van der Waals surface area contributed by atoms with Crippen molar-refractivity contribution in [2.75, 3.05) is 0 Å². The number of nitrogens with one attached hydrogen (secondary N) is 1. The van der Waals surface area contributed by atoms with Gasteiger partial charge in [-0.1, -0.05) is 18.6 Å². The molecule has 2 saturated carbocycles. The summed E-state index contributed by atoms with van der Waals surface area (Å²) in [6, 6.07) is 6.81. The normalized spacial score (nSPS) is 28.6. The van der Waals surface area contributed by atoms with Crippen molar-refractivity contribution in [1.29, 1.82) is 0 Å². The van der Waals surface area contributed by atoms with Gasteiger partial charge < -0.3 is 5.32 Å². The van der Waals surface area contributed by atoms with Gasteiger partial charge in [-0.25, -0.2) is 4.39 Å². The van der Waals surface area contributed by atoms with Crippen molar-refractivity contribution < 1.29 is 9.18 Å². The Hall–Kier alpha value is -1.38. The van der Waals surface area contributed by atoms with Gasteiger partial charge in [0.2, 0.25) is 5.91 Å². The molecule has 3 rings (SSSR count). The fraction of sp³-hybridized carbons (Fsp3) is 0.562. The molecular formula is C16H20FNO. The van der Waals surface area contributed by atoms with Gasteiger partial charge in [0.15, 0.2) is 0 Å². The second-order valence-electron chi connectivity index (χ2n) is 5.98. The van der Waals surface area contributed by atoms with Gasteiger partial charge >= 0.3 is 0 Å². The summed E-state index contributed by atoms with van der Waals surface area (Å²) in [7, 11) is 0. The first-order valence-corrected chi connectivity index (χ1v) is 7.24. The van der Waals surface area contributed by atoms with E-state index in [4.69, 9.17) is 0 Å². The van der Waals surface area contributed by atoms with E-state index < -0.39 is 0 Å². The topological polar surface area (TPSA) is 29.1 Å². The van der Waals surface area contributed by atoms with E-state index in [9.17, 15) is 9.18 Å². The molecule has 1 amide bonds. The minimum atomic E-state index is -0.227. The molecule has 0 aliphatic heterocycles. The van der Waals surface area contributed by atoms with E-state index in [0.717, 1.165) is 17.4 Å². The van der Waals surface area contributed by atoms with Crippen LogP contribution in [0, 0.1) is 17.7 Å². The van der Waals surface area contributed by atoms with Crippen molar-refractivity contribution in [3.05, 3.63) is 35.6 Å². The SMILES string of the molecule is O=C(CCc1ccc(F)cc1)N[C@H]1C[C@H]2CC[C@H]1C2. The number of halogens is 1. The van der Waals surface area contributed by atoms with Crippen LogP contribution in [0.3, 0.4) is 0 Å². The second kappa shape index (κ2) is 5.32. The molecule has 0 aromatic heterocycles. The Morgan fingerprint density at radius 1 is 1.21 bits per heavy atom.